The van der Waals surface area contributed by atoms with E-state index < -0.39 is 0 Å². The van der Waals surface area contributed by atoms with Crippen molar-refractivity contribution < 1.29 is 9.13 Å². The zero-order chi connectivity index (χ0) is 18.8. The van der Waals surface area contributed by atoms with E-state index >= 15 is 0 Å². The monoisotopic (exact) mass is 362 g/mol. The Bertz CT molecular complexity index is 915. The molecule has 2 heteroatoms. The number of benzene rings is 3. The van der Waals surface area contributed by atoms with Crippen LogP contribution in [0.3, 0.4) is 0 Å². The van der Waals surface area contributed by atoms with Gasteiger partial charge in [0.25, 0.3) is 0 Å². The molecule has 0 radical (unpaired) electrons. The van der Waals surface area contributed by atoms with Gasteiger partial charge in [0.1, 0.15) is 11.6 Å². The van der Waals surface area contributed by atoms with E-state index in [0.29, 0.717) is 11.8 Å². The first-order valence-electron chi connectivity index (χ1n) is 9.96. The fourth-order valence-corrected chi connectivity index (χ4v) is 4.81. The molecule has 1 aliphatic rings. The maximum atomic E-state index is 14.1. The van der Waals surface area contributed by atoms with Crippen molar-refractivity contribution in [3.8, 4) is 5.75 Å². The lowest BCUT2D eigenvalue weighted by molar-refractivity contribution is 0.414. The molecule has 3 atom stereocenters. The number of fused-ring (bicyclic) bond motifs is 1. The van der Waals surface area contributed by atoms with Crippen LogP contribution in [0.4, 0.5) is 4.39 Å². The predicted octanol–water partition coefficient (Wildman–Crippen LogP) is 7.07. The zero-order valence-corrected chi connectivity index (χ0v) is 16.1. The summed E-state index contributed by atoms with van der Waals surface area (Å²) in [6.45, 7) is 2.29. The number of hydrogen-bond acceptors (Lipinski definition) is 1. The van der Waals surface area contributed by atoms with Crippen molar-refractivity contribution >= 4 is 10.8 Å². The first-order chi connectivity index (χ1) is 13.2. The smallest absolute Gasteiger partial charge is 0.131 e. The highest BCUT2D eigenvalue weighted by atomic mass is 19.1. The lowest BCUT2D eigenvalue weighted by Crippen LogP contribution is -2.04. The lowest BCUT2D eigenvalue weighted by Gasteiger charge is -2.19. The third-order valence-corrected chi connectivity index (χ3v) is 6.25. The SMILES string of the molecule is COc1ccc([C@@H]2CC[C@H](C[C@H](C)c3ccc(F)c4ccccc34)C2)cc1. The largest absolute Gasteiger partial charge is 0.497 e. The van der Waals surface area contributed by atoms with Crippen molar-refractivity contribution in [2.45, 2.75) is 44.4 Å². The third-order valence-electron chi connectivity index (χ3n) is 6.25. The van der Waals surface area contributed by atoms with Gasteiger partial charge < -0.3 is 4.74 Å². The molecule has 0 aromatic heterocycles. The number of methoxy groups -OCH3 is 1. The molecule has 3 aromatic rings. The summed E-state index contributed by atoms with van der Waals surface area (Å²) in [5, 5.41) is 1.80. The first-order valence-corrected chi connectivity index (χ1v) is 9.96. The summed E-state index contributed by atoms with van der Waals surface area (Å²) in [7, 11) is 1.71. The van der Waals surface area contributed by atoms with Crippen LogP contribution in [0.15, 0.2) is 60.7 Å². The van der Waals surface area contributed by atoms with Gasteiger partial charge >= 0.3 is 0 Å². The maximum Gasteiger partial charge on any atom is 0.131 e. The summed E-state index contributed by atoms with van der Waals surface area (Å²) in [6.07, 6.45) is 4.95. The van der Waals surface area contributed by atoms with Crippen LogP contribution in [0.2, 0.25) is 0 Å². The fourth-order valence-electron chi connectivity index (χ4n) is 4.81. The van der Waals surface area contributed by atoms with E-state index in [1.54, 1.807) is 13.2 Å². The molecule has 0 bridgehead atoms. The molecular formula is C25H27FO. The molecule has 0 saturated heterocycles. The molecule has 0 N–H and O–H groups in total. The topological polar surface area (TPSA) is 9.23 Å². The molecule has 1 aliphatic carbocycles. The summed E-state index contributed by atoms with van der Waals surface area (Å²) in [4.78, 5) is 0. The van der Waals surface area contributed by atoms with Crippen LogP contribution in [-0.4, -0.2) is 7.11 Å². The zero-order valence-electron chi connectivity index (χ0n) is 16.1. The average Bonchev–Trinajstić information content (AvgIpc) is 3.17. The van der Waals surface area contributed by atoms with Crippen LogP contribution < -0.4 is 4.74 Å². The van der Waals surface area contributed by atoms with E-state index in [1.807, 2.05) is 24.3 Å². The van der Waals surface area contributed by atoms with Crippen LogP contribution in [0.1, 0.15) is 55.6 Å². The minimum absolute atomic E-state index is 0.123. The Morgan fingerprint density at radius 3 is 2.44 bits per heavy atom. The van der Waals surface area contributed by atoms with Crippen LogP contribution in [0, 0.1) is 11.7 Å². The van der Waals surface area contributed by atoms with E-state index in [9.17, 15) is 4.39 Å². The number of rotatable bonds is 5. The van der Waals surface area contributed by atoms with Gasteiger partial charge in [-0.2, -0.15) is 0 Å². The van der Waals surface area contributed by atoms with Gasteiger partial charge in [0.2, 0.25) is 0 Å². The van der Waals surface area contributed by atoms with Gasteiger partial charge in [-0.1, -0.05) is 49.4 Å². The fraction of sp³-hybridized carbons (Fsp3) is 0.360. The minimum atomic E-state index is -0.123. The summed E-state index contributed by atoms with van der Waals surface area (Å²) in [5.74, 6) is 2.62. The van der Waals surface area contributed by atoms with Crippen LogP contribution in [0.5, 0.6) is 5.75 Å². The number of hydrogen-bond donors (Lipinski definition) is 0. The molecule has 140 valence electrons. The van der Waals surface area contributed by atoms with Crippen LogP contribution >= 0.6 is 0 Å². The molecule has 1 fully saturated rings. The Kier molecular flexibility index (Phi) is 5.15. The van der Waals surface area contributed by atoms with Crippen molar-refractivity contribution in [3.63, 3.8) is 0 Å². The Balaban J connectivity index is 1.46. The Hall–Kier alpha value is -2.35. The van der Waals surface area contributed by atoms with E-state index in [-0.39, 0.29) is 5.82 Å². The van der Waals surface area contributed by atoms with Gasteiger partial charge in [0.15, 0.2) is 0 Å². The summed E-state index contributed by atoms with van der Waals surface area (Å²) < 4.78 is 19.4. The Morgan fingerprint density at radius 2 is 1.70 bits per heavy atom. The Morgan fingerprint density at radius 1 is 0.963 bits per heavy atom. The van der Waals surface area contributed by atoms with E-state index in [2.05, 4.69) is 37.3 Å². The summed E-state index contributed by atoms with van der Waals surface area (Å²) in [6, 6.07) is 20.0. The Labute approximate surface area is 161 Å². The predicted molar refractivity (Wildman–Crippen MR) is 110 cm³/mol. The van der Waals surface area contributed by atoms with Crippen LogP contribution in [0.25, 0.3) is 10.8 Å². The van der Waals surface area contributed by atoms with Gasteiger partial charge in [-0.3, -0.25) is 0 Å². The molecule has 0 aliphatic heterocycles. The van der Waals surface area contributed by atoms with Crippen molar-refractivity contribution in [1.82, 2.24) is 0 Å². The second kappa shape index (κ2) is 7.72. The highest BCUT2D eigenvalue weighted by Crippen LogP contribution is 2.43. The normalized spacial score (nSPS) is 20.7. The van der Waals surface area contributed by atoms with Gasteiger partial charge in [-0.25, -0.2) is 4.39 Å². The van der Waals surface area contributed by atoms with Crippen molar-refractivity contribution in [2.24, 2.45) is 5.92 Å². The maximum absolute atomic E-state index is 14.1. The first kappa shape index (κ1) is 18.0. The van der Waals surface area contributed by atoms with Gasteiger partial charge in [0.05, 0.1) is 7.11 Å². The highest BCUT2D eigenvalue weighted by molar-refractivity contribution is 5.86. The number of ether oxygens (including phenoxy) is 1. The highest BCUT2D eigenvalue weighted by Gasteiger charge is 2.27. The molecule has 0 spiro atoms. The third kappa shape index (κ3) is 3.71. The van der Waals surface area contributed by atoms with Crippen molar-refractivity contribution in [2.75, 3.05) is 7.11 Å². The van der Waals surface area contributed by atoms with Gasteiger partial charge in [-0.05, 0) is 78.1 Å². The van der Waals surface area contributed by atoms with Crippen molar-refractivity contribution in [1.29, 1.82) is 0 Å². The molecular weight excluding hydrogens is 335 g/mol. The molecule has 0 heterocycles. The van der Waals surface area contributed by atoms with E-state index in [0.717, 1.165) is 22.4 Å². The summed E-state index contributed by atoms with van der Waals surface area (Å²) in [5.41, 5.74) is 2.71. The lowest BCUT2D eigenvalue weighted by atomic mass is 9.86. The molecule has 27 heavy (non-hydrogen) atoms. The molecule has 0 amide bonds. The molecule has 0 unspecified atom stereocenters. The second-order valence-electron chi connectivity index (χ2n) is 7.97. The molecule has 3 aromatic carbocycles. The summed E-state index contributed by atoms with van der Waals surface area (Å²) >= 11 is 0. The molecule has 1 nitrogen and oxygen atoms in total. The van der Waals surface area contributed by atoms with Crippen molar-refractivity contribution in [3.05, 3.63) is 77.6 Å². The molecule has 1 saturated carbocycles. The van der Waals surface area contributed by atoms with E-state index in [1.165, 1.54) is 36.8 Å². The standard InChI is InChI=1S/C25H27FO/c1-17(22-13-14-25(26)24-6-4-3-5-23(22)24)15-18-7-8-20(16-18)19-9-11-21(27-2)12-10-19/h3-6,9-14,17-18,20H,7-8,15-16H2,1-2H3/t17-,18+,20+/m0/s1. The number of halogens is 1. The van der Waals surface area contributed by atoms with Gasteiger partial charge in [-0.15, -0.1) is 0 Å². The quantitative estimate of drug-likeness (QED) is 0.472. The second-order valence-corrected chi connectivity index (χ2v) is 7.97. The molecule has 4 rings (SSSR count). The average molecular weight is 362 g/mol. The van der Waals surface area contributed by atoms with Gasteiger partial charge in [0, 0.05) is 5.39 Å². The van der Waals surface area contributed by atoms with Crippen LogP contribution in [-0.2, 0) is 0 Å². The van der Waals surface area contributed by atoms with E-state index in [4.69, 9.17) is 4.74 Å². The minimum Gasteiger partial charge on any atom is -0.497 e.